The summed E-state index contributed by atoms with van der Waals surface area (Å²) in [7, 11) is 1.62. The highest BCUT2D eigenvalue weighted by atomic mass is 16.5. The van der Waals surface area contributed by atoms with E-state index in [9.17, 15) is 4.79 Å². The fraction of sp³-hybridized carbons (Fsp3) is 0.0952. The molecule has 0 saturated carbocycles. The Morgan fingerprint density at radius 1 is 1.11 bits per heavy atom. The van der Waals surface area contributed by atoms with E-state index in [0.29, 0.717) is 12.2 Å². The Bertz CT molecular complexity index is 1090. The highest BCUT2D eigenvalue weighted by Crippen LogP contribution is 2.20. The molecular formula is C21H18N4O2. The Hall–Kier alpha value is -3.67. The lowest BCUT2D eigenvalue weighted by Crippen LogP contribution is -2.24. The van der Waals surface area contributed by atoms with Crippen LogP contribution in [0.1, 0.15) is 16.1 Å². The lowest BCUT2D eigenvalue weighted by atomic mass is 10.1. The molecule has 27 heavy (non-hydrogen) atoms. The van der Waals surface area contributed by atoms with Gasteiger partial charge in [-0.05, 0) is 53.1 Å². The Labute approximate surface area is 156 Å². The van der Waals surface area contributed by atoms with Gasteiger partial charge in [0.05, 0.1) is 13.3 Å². The number of pyridine rings is 2. The number of nitrogens with zero attached hydrogens (tertiary/aromatic N) is 3. The number of ether oxygens (including phenoxy) is 1. The second-order valence-electron chi connectivity index (χ2n) is 6.06. The average molecular weight is 358 g/mol. The summed E-state index contributed by atoms with van der Waals surface area (Å²) in [6.45, 7) is 0.415. The lowest BCUT2D eigenvalue weighted by Gasteiger charge is -2.07. The van der Waals surface area contributed by atoms with Crippen LogP contribution in [0.3, 0.4) is 0 Å². The van der Waals surface area contributed by atoms with Gasteiger partial charge in [-0.2, -0.15) is 0 Å². The van der Waals surface area contributed by atoms with Crippen LogP contribution in [0.4, 0.5) is 0 Å². The normalized spacial score (nSPS) is 10.7. The Morgan fingerprint density at radius 3 is 2.78 bits per heavy atom. The number of imidazole rings is 1. The van der Waals surface area contributed by atoms with E-state index >= 15 is 0 Å². The summed E-state index contributed by atoms with van der Waals surface area (Å²) in [6.07, 6.45) is 6.95. The quantitative estimate of drug-likeness (QED) is 0.594. The van der Waals surface area contributed by atoms with Crippen molar-refractivity contribution in [1.82, 2.24) is 19.7 Å². The van der Waals surface area contributed by atoms with Crippen LogP contribution < -0.4 is 10.1 Å². The van der Waals surface area contributed by atoms with Crippen LogP contribution in [-0.4, -0.2) is 27.4 Å². The zero-order chi connectivity index (χ0) is 18.6. The summed E-state index contributed by atoms with van der Waals surface area (Å²) >= 11 is 0. The van der Waals surface area contributed by atoms with Crippen molar-refractivity contribution in [2.75, 3.05) is 7.11 Å². The number of amides is 1. The molecule has 1 N–H and O–H groups in total. The van der Waals surface area contributed by atoms with Crippen LogP contribution in [0.15, 0.2) is 73.3 Å². The minimum Gasteiger partial charge on any atom is -0.497 e. The van der Waals surface area contributed by atoms with Crippen molar-refractivity contribution in [3.05, 3.63) is 84.6 Å². The highest BCUT2D eigenvalue weighted by Gasteiger charge is 2.12. The first-order valence-electron chi connectivity index (χ1n) is 8.53. The predicted octanol–water partition coefficient (Wildman–Crippen LogP) is 3.33. The molecule has 134 valence electrons. The van der Waals surface area contributed by atoms with Gasteiger partial charge in [-0.1, -0.05) is 12.1 Å². The maximum Gasteiger partial charge on any atom is 0.270 e. The Morgan fingerprint density at radius 2 is 1.96 bits per heavy atom. The van der Waals surface area contributed by atoms with Crippen LogP contribution in [0.2, 0.25) is 0 Å². The van der Waals surface area contributed by atoms with E-state index in [1.54, 1.807) is 30.1 Å². The molecular weight excluding hydrogens is 340 g/mol. The molecule has 3 aromatic heterocycles. The van der Waals surface area contributed by atoms with Gasteiger partial charge in [-0.25, -0.2) is 4.98 Å². The molecule has 6 heteroatoms. The van der Waals surface area contributed by atoms with Crippen LogP contribution in [-0.2, 0) is 6.54 Å². The maximum atomic E-state index is 12.6. The van der Waals surface area contributed by atoms with E-state index in [4.69, 9.17) is 4.74 Å². The minimum absolute atomic E-state index is 0.179. The number of hydrogen-bond donors (Lipinski definition) is 1. The molecule has 6 nitrogen and oxygen atoms in total. The topological polar surface area (TPSA) is 68.5 Å². The van der Waals surface area contributed by atoms with Gasteiger partial charge in [-0.15, -0.1) is 0 Å². The number of hydrogen-bond acceptors (Lipinski definition) is 4. The largest absolute Gasteiger partial charge is 0.497 e. The third-order valence-electron chi connectivity index (χ3n) is 4.35. The van der Waals surface area contributed by atoms with Crippen molar-refractivity contribution in [2.45, 2.75) is 6.54 Å². The van der Waals surface area contributed by atoms with Crippen LogP contribution in [0.5, 0.6) is 5.75 Å². The zero-order valence-electron chi connectivity index (χ0n) is 14.8. The molecule has 4 rings (SSSR count). The lowest BCUT2D eigenvalue weighted by molar-refractivity contribution is 0.0945. The first kappa shape index (κ1) is 16.8. The van der Waals surface area contributed by atoms with E-state index in [0.717, 1.165) is 28.1 Å². The predicted molar refractivity (Wildman–Crippen MR) is 103 cm³/mol. The zero-order valence-corrected chi connectivity index (χ0v) is 14.8. The number of nitrogens with one attached hydrogen (secondary N) is 1. The molecule has 1 aromatic carbocycles. The van der Waals surface area contributed by atoms with Gasteiger partial charge in [0.1, 0.15) is 17.1 Å². The number of benzene rings is 1. The van der Waals surface area contributed by atoms with E-state index in [1.165, 1.54) is 0 Å². The molecule has 0 aliphatic rings. The van der Waals surface area contributed by atoms with Crippen molar-refractivity contribution in [3.63, 3.8) is 0 Å². The van der Waals surface area contributed by atoms with Gasteiger partial charge >= 0.3 is 0 Å². The van der Waals surface area contributed by atoms with Crippen molar-refractivity contribution in [1.29, 1.82) is 0 Å². The third kappa shape index (κ3) is 3.50. The molecule has 3 heterocycles. The van der Waals surface area contributed by atoms with Crippen molar-refractivity contribution < 1.29 is 9.53 Å². The van der Waals surface area contributed by atoms with Gasteiger partial charge in [0, 0.05) is 25.1 Å². The summed E-state index contributed by atoms with van der Waals surface area (Å²) in [5.74, 6) is 0.585. The smallest absolute Gasteiger partial charge is 0.270 e. The van der Waals surface area contributed by atoms with E-state index in [-0.39, 0.29) is 5.91 Å². The molecule has 0 spiro atoms. The minimum atomic E-state index is -0.179. The average Bonchev–Trinajstić information content (AvgIpc) is 3.16. The molecule has 4 aromatic rings. The number of aromatic nitrogens is 3. The highest BCUT2D eigenvalue weighted by molar-refractivity contribution is 5.93. The molecule has 1 amide bonds. The number of carbonyl (C=O) groups excluding carboxylic acids is 1. The van der Waals surface area contributed by atoms with Gasteiger partial charge in [0.25, 0.3) is 5.91 Å². The summed E-state index contributed by atoms with van der Waals surface area (Å²) in [6, 6.07) is 15.4. The summed E-state index contributed by atoms with van der Waals surface area (Å²) in [4.78, 5) is 21.0. The second kappa shape index (κ2) is 7.29. The van der Waals surface area contributed by atoms with Crippen molar-refractivity contribution >= 4 is 11.6 Å². The van der Waals surface area contributed by atoms with Crippen LogP contribution in [0, 0.1) is 0 Å². The monoisotopic (exact) mass is 358 g/mol. The molecule has 0 aliphatic heterocycles. The Kier molecular flexibility index (Phi) is 4.53. The van der Waals surface area contributed by atoms with Gasteiger partial charge in [0.15, 0.2) is 0 Å². The summed E-state index contributed by atoms with van der Waals surface area (Å²) in [5, 5.41) is 2.93. The first-order valence-corrected chi connectivity index (χ1v) is 8.53. The maximum absolute atomic E-state index is 12.6. The van der Waals surface area contributed by atoms with E-state index in [2.05, 4.69) is 15.3 Å². The van der Waals surface area contributed by atoms with Gasteiger partial charge in [0.2, 0.25) is 0 Å². The van der Waals surface area contributed by atoms with Crippen molar-refractivity contribution in [2.24, 2.45) is 0 Å². The van der Waals surface area contributed by atoms with Crippen LogP contribution in [0.25, 0.3) is 16.8 Å². The van der Waals surface area contributed by atoms with Gasteiger partial charge in [-0.3, -0.25) is 14.2 Å². The second-order valence-corrected chi connectivity index (χ2v) is 6.06. The molecule has 0 aliphatic carbocycles. The van der Waals surface area contributed by atoms with Crippen LogP contribution >= 0.6 is 0 Å². The SMILES string of the molecule is COc1cccc(CNC(=O)c2cnc3cc(-c4ccncc4)ccn23)c1. The molecule has 0 fully saturated rings. The molecule has 0 radical (unpaired) electrons. The summed E-state index contributed by atoms with van der Waals surface area (Å²) < 4.78 is 6.99. The molecule has 0 atom stereocenters. The number of methoxy groups -OCH3 is 1. The third-order valence-corrected chi connectivity index (χ3v) is 4.35. The molecule has 0 saturated heterocycles. The standard InChI is InChI=1S/C21H18N4O2/c1-27-18-4-2-3-15(11-18)13-24-21(26)19-14-23-20-12-17(7-10-25(19)20)16-5-8-22-9-6-16/h2-12,14H,13H2,1H3,(H,24,26). The van der Waals surface area contributed by atoms with E-state index in [1.807, 2.05) is 54.7 Å². The molecule has 0 unspecified atom stereocenters. The fourth-order valence-corrected chi connectivity index (χ4v) is 2.93. The van der Waals surface area contributed by atoms with E-state index < -0.39 is 0 Å². The Balaban J connectivity index is 1.54. The molecule has 0 bridgehead atoms. The first-order chi connectivity index (χ1) is 13.2. The van der Waals surface area contributed by atoms with Gasteiger partial charge < -0.3 is 10.1 Å². The number of carbonyl (C=O) groups is 1. The number of rotatable bonds is 5. The van der Waals surface area contributed by atoms with Crippen molar-refractivity contribution in [3.8, 4) is 16.9 Å². The fourth-order valence-electron chi connectivity index (χ4n) is 2.93. The summed E-state index contributed by atoms with van der Waals surface area (Å²) in [5.41, 5.74) is 4.26. The number of fused-ring (bicyclic) bond motifs is 1.